The molecule has 0 saturated carbocycles. The van der Waals surface area contributed by atoms with E-state index < -0.39 is 17.7 Å². The summed E-state index contributed by atoms with van der Waals surface area (Å²) in [6.45, 7) is 4.53. The van der Waals surface area contributed by atoms with E-state index in [9.17, 15) is 14.7 Å². The predicted molar refractivity (Wildman–Crippen MR) is 146 cm³/mol. The van der Waals surface area contributed by atoms with Gasteiger partial charge in [0.15, 0.2) is 5.13 Å². The van der Waals surface area contributed by atoms with E-state index >= 15 is 0 Å². The first-order valence-electron chi connectivity index (χ1n) is 11.5. The quantitative estimate of drug-likeness (QED) is 0.159. The van der Waals surface area contributed by atoms with E-state index in [-0.39, 0.29) is 11.3 Å². The summed E-state index contributed by atoms with van der Waals surface area (Å²) in [4.78, 5) is 32.9. The van der Waals surface area contributed by atoms with Crippen LogP contribution >= 0.6 is 27.3 Å². The molecule has 1 saturated heterocycles. The Morgan fingerprint density at radius 2 is 1.89 bits per heavy atom. The van der Waals surface area contributed by atoms with Gasteiger partial charge in [-0.25, -0.2) is 4.98 Å². The van der Waals surface area contributed by atoms with Crippen LogP contribution in [0.2, 0.25) is 0 Å². The fraction of sp³-hybridized carbons (Fsp3) is 0.179. The van der Waals surface area contributed by atoms with Crippen LogP contribution in [0.3, 0.4) is 0 Å². The van der Waals surface area contributed by atoms with Crippen molar-refractivity contribution in [1.29, 1.82) is 0 Å². The summed E-state index contributed by atoms with van der Waals surface area (Å²) in [5.74, 6) is -1.14. The van der Waals surface area contributed by atoms with Gasteiger partial charge in [-0.2, -0.15) is 0 Å². The number of benzene rings is 3. The molecule has 0 bridgehead atoms. The van der Waals surface area contributed by atoms with Crippen molar-refractivity contribution < 1.29 is 19.4 Å². The smallest absolute Gasteiger partial charge is 0.301 e. The van der Waals surface area contributed by atoms with Crippen molar-refractivity contribution in [2.24, 2.45) is 0 Å². The van der Waals surface area contributed by atoms with E-state index in [2.05, 4.69) is 20.9 Å². The molecule has 1 atom stereocenters. The van der Waals surface area contributed by atoms with E-state index in [1.807, 2.05) is 56.3 Å². The van der Waals surface area contributed by atoms with E-state index in [0.29, 0.717) is 28.6 Å². The number of carbonyl (C=O) groups is 2. The number of rotatable bonds is 6. The summed E-state index contributed by atoms with van der Waals surface area (Å²) in [6, 6.07) is 19.3. The minimum absolute atomic E-state index is 0.0189. The van der Waals surface area contributed by atoms with Crippen molar-refractivity contribution in [1.82, 2.24) is 4.98 Å². The lowest BCUT2D eigenvalue weighted by molar-refractivity contribution is -0.132. The molecule has 36 heavy (non-hydrogen) atoms. The normalized spacial score (nSPS) is 17.2. The number of fused-ring (bicyclic) bond motifs is 1. The fourth-order valence-corrected chi connectivity index (χ4v) is 5.58. The molecule has 1 amide bonds. The number of thiazole rings is 1. The molecule has 1 aromatic heterocycles. The van der Waals surface area contributed by atoms with Crippen LogP contribution in [0.1, 0.15) is 36.1 Å². The van der Waals surface area contributed by atoms with Gasteiger partial charge in [0, 0.05) is 10.0 Å². The summed E-state index contributed by atoms with van der Waals surface area (Å²) in [6.07, 6.45) is 0.840. The minimum atomic E-state index is -0.833. The lowest BCUT2D eigenvalue weighted by atomic mass is 9.95. The number of nitrogens with zero attached hydrogens (tertiary/aromatic N) is 2. The average molecular weight is 563 g/mol. The maximum absolute atomic E-state index is 13.4. The van der Waals surface area contributed by atoms with E-state index in [0.717, 1.165) is 26.7 Å². The van der Waals surface area contributed by atoms with Crippen LogP contribution in [-0.2, 0) is 9.59 Å². The number of halogens is 1. The molecule has 0 aliphatic carbocycles. The number of aromatic nitrogens is 1. The molecule has 1 unspecified atom stereocenters. The second-order valence-corrected chi connectivity index (χ2v) is 10.5. The maximum Gasteiger partial charge on any atom is 0.301 e. The van der Waals surface area contributed by atoms with Gasteiger partial charge >= 0.3 is 5.91 Å². The van der Waals surface area contributed by atoms with Crippen LogP contribution in [0.4, 0.5) is 5.13 Å². The highest BCUT2D eigenvalue weighted by atomic mass is 79.9. The first-order valence-corrected chi connectivity index (χ1v) is 13.1. The lowest BCUT2D eigenvalue weighted by Gasteiger charge is -2.23. The highest BCUT2D eigenvalue weighted by Gasteiger charge is 2.48. The van der Waals surface area contributed by atoms with Gasteiger partial charge < -0.3 is 9.84 Å². The standard InChI is InChI=1S/C28H23BrN2O4S/c1-3-13-35-20-6-4-5-18(15-20)25(32)23-24(17-8-10-19(29)11-9-17)31(27(34)26(23)33)28-30-21-12-7-16(2)14-22(21)36-28/h4-12,14-15,24,32H,3,13H2,1-2H3/b25-23+. The molecule has 1 N–H and O–H groups in total. The highest BCUT2D eigenvalue weighted by molar-refractivity contribution is 9.10. The molecule has 0 radical (unpaired) electrons. The number of ether oxygens (including phenoxy) is 1. The van der Waals surface area contributed by atoms with Gasteiger partial charge in [0.25, 0.3) is 5.78 Å². The lowest BCUT2D eigenvalue weighted by Crippen LogP contribution is -2.29. The Bertz CT molecular complexity index is 1510. The third-order valence-corrected chi connectivity index (χ3v) is 7.50. The Kier molecular flexibility index (Phi) is 6.64. The van der Waals surface area contributed by atoms with Gasteiger partial charge in [0.05, 0.1) is 28.4 Å². The number of ketones is 1. The Morgan fingerprint density at radius 3 is 2.64 bits per heavy atom. The summed E-state index contributed by atoms with van der Waals surface area (Å²) < 4.78 is 7.48. The number of amides is 1. The van der Waals surface area contributed by atoms with Crippen LogP contribution in [0.15, 0.2) is 76.8 Å². The van der Waals surface area contributed by atoms with Gasteiger partial charge in [-0.1, -0.05) is 64.5 Å². The molecular formula is C28H23BrN2O4S. The monoisotopic (exact) mass is 562 g/mol. The third kappa shape index (κ3) is 4.42. The van der Waals surface area contributed by atoms with Gasteiger partial charge in [-0.3, -0.25) is 14.5 Å². The average Bonchev–Trinajstić information content (AvgIpc) is 3.40. The molecular weight excluding hydrogens is 540 g/mol. The Hall–Kier alpha value is -3.49. The van der Waals surface area contributed by atoms with Crippen molar-refractivity contribution in [3.05, 3.63) is 93.5 Å². The van der Waals surface area contributed by atoms with Crippen molar-refractivity contribution >= 4 is 60.1 Å². The Labute approximate surface area is 221 Å². The van der Waals surface area contributed by atoms with Crippen LogP contribution in [0.5, 0.6) is 5.75 Å². The summed E-state index contributed by atoms with van der Waals surface area (Å²) >= 11 is 4.79. The molecule has 1 aliphatic heterocycles. The molecule has 0 spiro atoms. The largest absolute Gasteiger partial charge is 0.507 e. The molecule has 1 fully saturated rings. The number of aryl methyl sites for hydroxylation is 1. The molecule has 4 aromatic rings. The van der Waals surface area contributed by atoms with Gasteiger partial charge in [0.1, 0.15) is 11.5 Å². The fourth-order valence-electron chi connectivity index (χ4n) is 4.22. The number of aliphatic hydroxyl groups excluding tert-OH is 1. The van der Waals surface area contributed by atoms with Crippen molar-refractivity contribution in [2.45, 2.75) is 26.3 Å². The highest BCUT2D eigenvalue weighted by Crippen LogP contribution is 2.44. The Morgan fingerprint density at radius 1 is 1.11 bits per heavy atom. The van der Waals surface area contributed by atoms with E-state index in [4.69, 9.17) is 4.74 Å². The summed E-state index contributed by atoms with van der Waals surface area (Å²) in [5, 5.41) is 11.8. The minimum Gasteiger partial charge on any atom is -0.507 e. The zero-order chi connectivity index (χ0) is 25.4. The van der Waals surface area contributed by atoms with Crippen LogP contribution in [0.25, 0.3) is 16.0 Å². The number of carbonyl (C=O) groups excluding carboxylic acids is 2. The summed E-state index contributed by atoms with van der Waals surface area (Å²) in [7, 11) is 0. The first kappa shape index (κ1) is 24.2. The SMILES string of the molecule is CCCOc1cccc(/C(O)=C2\C(=O)C(=O)N(c3nc4ccc(C)cc4s3)C2c2ccc(Br)cc2)c1. The van der Waals surface area contributed by atoms with E-state index in [1.165, 1.54) is 16.2 Å². The first-order chi connectivity index (χ1) is 17.4. The number of anilines is 1. The van der Waals surface area contributed by atoms with Crippen molar-refractivity contribution in [2.75, 3.05) is 11.5 Å². The summed E-state index contributed by atoms with van der Waals surface area (Å²) in [5.41, 5.74) is 2.94. The number of hydrogen-bond donors (Lipinski definition) is 1. The molecule has 8 heteroatoms. The molecule has 6 nitrogen and oxygen atoms in total. The van der Waals surface area contributed by atoms with Gasteiger partial charge in [0.2, 0.25) is 0 Å². The maximum atomic E-state index is 13.4. The van der Waals surface area contributed by atoms with Gasteiger partial charge in [-0.15, -0.1) is 0 Å². The molecule has 5 rings (SSSR count). The third-order valence-electron chi connectivity index (χ3n) is 5.95. The second-order valence-electron chi connectivity index (χ2n) is 8.56. The molecule has 182 valence electrons. The van der Waals surface area contributed by atoms with Crippen LogP contribution in [0, 0.1) is 6.92 Å². The zero-order valence-corrected chi connectivity index (χ0v) is 22.1. The topological polar surface area (TPSA) is 79.7 Å². The zero-order valence-electron chi connectivity index (χ0n) is 19.7. The molecule has 2 heterocycles. The van der Waals surface area contributed by atoms with E-state index in [1.54, 1.807) is 24.3 Å². The van der Waals surface area contributed by atoms with Crippen LogP contribution in [-0.4, -0.2) is 28.4 Å². The van der Waals surface area contributed by atoms with Crippen LogP contribution < -0.4 is 9.64 Å². The Balaban J connectivity index is 1.68. The van der Waals surface area contributed by atoms with Gasteiger partial charge in [-0.05, 0) is 60.9 Å². The van der Waals surface area contributed by atoms with Crippen molar-refractivity contribution in [3.63, 3.8) is 0 Å². The second kappa shape index (κ2) is 9.87. The molecule has 3 aromatic carbocycles. The predicted octanol–water partition coefficient (Wildman–Crippen LogP) is 6.78. The number of aliphatic hydroxyl groups is 1. The van der Waals surface area contributed by atoms with Crippen molar-refractivity contribution in [3.8, 4) is 5.75 Å². The number of hydrogen-bond acceptors (Lipinski definition) is 6. The molecule has 1 aliphatic rings. The number of Topliss-reactive ketones (excluding diaryl/α,β-unsaturated/α-hetero) is 1.